The summed E-state index contributed by atoms with van der Waals surface area (Å²) in [5.41, 5.74) is 1.27. The van der Waals surface area contributed by atoms with E-state index in [1.807, 2.05) is 18.4 Å². The standard InChI is InChI=1S/C19H17N3O2S/c1-3-11-4-5-13(15(23)8-11)16-17-14(6-7-25-17)18(22-21-16)20-12-9-19(2,24)10-12/h1,4-8,12,23-24H,9-10H2,2H3,(H,20,22). The van der Waals surface area contributed by atoms with Crippen LogP contribution in [0.5, 0.6) is 5.75 Å². The molecule has 1 saturated carbocycles. The number of hydrogen-bond acceptors (Lipinski definition) is 6. The van der Waals surface area contributed by atoms with E-state index in [1.165, 1.54) is 0 Å². The molecule has 1 fully saturated rings. The average molecular weight is 351 g/mol. The molecule has 1 aliphatic carbocycles. The fourth-order valence-electron chi connectivity index (χ4n) is 3.28. The SMILES string of the molecule is C#Cc1ccc(-c2nnc(NC3CC(C)(O)C3)c3ccsc23)c(O)c1. The number of aliphatic hydroxyl groups is 1. The Hall–Kier alpha value is -2.62. The maximum absolute atomic E-state index is 10.3. The highest BCUT2D eigenvalue weighted by Gasteiger charge is 2.38. The zero-order valence-corrected chi connectivity index (χ0v) is 14.5. The van der Waals surface area contributed by atoms with Gasteiger partial charge in [0.15, 0.2) is 5.82 Å². The fraction of sp³-hybridized carbons (Fsp3) is 0.263. The molecule has 2 heterocycles. The lowest BCUT2D eigenvalue weighted by Gasteiger charge is -2.41. The number of nitrogens with zero attached hydrogens (tertiary/aromatic N) is 2. The number of phenols is 1. The molecule has 0 saturated heterocycles. The summed E-state index contributed by atoms with van der Waals surface area (Å²) in [6, 6.07) is 7.29. The predicted octanol–water partition coefficient (Wildman–Crippen LogP) is 3.37. The third kappa shape index (κ3) is 2.82. The Labute approximate surface area is 149 Å². The van der Waals surface area contributed by atoms with Crippen molar-refractivity contribution in [2.24, 2.45) is 0 Å². The van der Waals surface area contributed by atoms with Crippen LogP contribution in [0.1, 0.15) is 25.3 Å². The van der Waals surface area contributed by atoms with Crippen molar-refractivity contribution in [1.82, 2.24) is 10.2 Å². The molecule has 0 amide bonds. The summed E-state index contributed by atoms with van der Waals surface area (Å²) in [6.07, 6.45) is 6.75. The molecule has 25 heavy (non-hydrogen) atoms. The summed E-state index contributed by atoms with van der Waals surface area (Å²) in [6.45, 7) is 1.84. The smallest absolute Gasteiger partial charge is 0.157 e. The second-order valence-corrected chi connectivity index (χ2v) is 7.60. The average Bonchev–Trinajstić information content (AvgIpc) is 3.04. The molecule has 3 aromatic rings. The van der Waals surface area contributed by atoms with Gasteiger partial charge in [0.2, 0.25) is 0 Å². The summed E-state index contributed by atoms with van der Waals surface area (Å²) in [5, 5.41) is 35.1. The molecule has 0 bridgehead atoms. The van der Waals surface area contributed by atoms with Crippen LogP contribution in [0.25, 0.3) is 21.3 Å². The topological polar surface area (TPSA) is 78.3 Å². The minimum Gasteiger partial charge on any atom is -0.507 e. The van der Waals surface area contributed by atoms with Gasteiger partial charge in [0.25, 0.3) is 0 Å². The van der Waals surface area contributed by atoms with Crippen LogP contribution in [-0.4, -0.2) is 32.1 Å². The number of anilines is 1. The van der Waals surface area contributed by atoms with Gasteiger partial charge in [-0.25, -0.2) is 0 Å². The van der Waals surface area contributed by atoms with Crippen molar-refractivity contribution in [3.8, 4) is 29.4 Å². The van der Waals surface area contributed by atoms with E-state index < -0.39 is 5.60 Å². The number of benzene rings is 1. The van der Waals surface area contributed by atoms with E-state index in [2.05, 4.69) is 21.4 Å². The monoisotopic (exact) mass is 351 g/mol. The summed E-state index contributed by atoms with van der Waals surface area (Å²) in [5.74, 6) is 3.31. The fourth-order valence-corrected chi connectivity index (χ4v) is 4.17. The van der Waals surface area contributed by atoms with Crippen LogP contribution in [0.3, 0.4) is 0 Å². The van der Waals surface area contributed by atoms with E-state index in [4.69, 9.17) is 6.42 Å². The Bertz CT molecular complexity index is 996. The van der Waals surface area contributed by atoms with Crippen LogP contribution in [0, 0.1) is 12.3 Å². The number of fused-ring (bicyclic) bond motifs is 1. The molecular formula is C19H17N3O2S. The Balaban J connectivity index is 1.72. The first-order valence-electron chi connectivity index (χ1n) is 8.00. The van der Waals surface area contributed by atoms with Crippen molar-refractivity contribution < 1.29 is 10.2 Å². The van der Waals surface area contributed by atoms with Gasteiger partial charge in [0.1, 0.15) is 11.4 Å². The lowest BCUT2D eigenvalue weighted by atomic mass is 9.77. The first-order chi connectivity index (χ1) is 12.0. The molecule has 2 aromatic heterocycles. The first kappa shape index (κ1) is 15.9. The van der Waals surface area contributed by atoms with E-state index in [0.29, 0.717) is 35.5 Å². The van der Waals surface area contributed by atoms with Gasteiger partial charge in [-0.2, -0.15) is 0 Å². The minimum atomic E-state index is -0.594. The van der Waals surface area contributed by atoms with Gasteiger partial charge < -0.3 is 15.5 Å². The Morgan fingerprint density at radius 3 is 2.80 bits per heavy atom. The first-order valence-corrected chi connectivity index (χ1v) is 8.87. The van der Waals surface area contributed by atoms with Crippen molar-refractivity contribution in [3.63, 3.8) is 0 Å². The van der Waals surface area contributed by atoms with Crippen LogP contribution in [0.4, 0.5) is 5.82 Å². The maximum Gasteiger partial charge on any atom is 0.157 e. The number of terminal acetylenes is 1. The van der Waals surface area contributed by atoms with Gasteiger partial charge in [-0.15, -0.1) is 28.0 Å². The van der Waals surface area contributed by atoms with Crippen LogP contribution >= 0.6 is 11.3 Å². The lowest BCUT2D eigenvalue weighted by Crippen LogP contribution is -2.48. The van der Waals surface area contributed by atoms with Gasteiger partial charge in [-0.3, -0.25) is 0 Å². The number of phenolic OH excluding ortho intramolecular Hbond substituents is 1. The Morgan fingerprint density at radius 2 is 2.12 bits per heavy atom. The van der Waals surface area contributed by atoms with Crippen LogP contribution in [-0.2, 0) is 0 Å². The molecule has 6 heteroatoms. The van der Waals surface area contributed by atoms with Crippen molar-refractivity contribution in [3.05, 3.63) is 35.2 Å². The largest absolute Gasteiger partial charge is 0.507 e. The molecule has 3 N–H and O–H groups in total. The Kier molecular flexibility index (Phi) is 3.64. The summed E-state index contributed by atoms with van der Waals surface area (Å²) in [4.78, 5) is 0. The van der Waals surface area contributed by atoms with Gasteiger partial charge in [0, 0.05) is 22.6 Å². The van der Waals surface area contributed by atoms with Gasteiger partial charge >= 0.3 is 0 Å². The highest BCUT2D eigenvalue weighted by Crippen LogP contribution is 2.39. The van der Waals surface area contributed by atoms with E-state index in [9.17, 15) is 10.2 Å². The molecule has 0 aliphatic heterocycles. The van der Waals surface area contributed by atoms with Gasteiger partial charge in [-0.1, -0.05) is 5.92 Å². The highest BCUT2D eigenvalue weighted by molar-refractivity contribution is 7.17. The molecule has 1 aliphatic rings. The molecule has 1 aromatic carbocycles. The minimum absolute atomic E-state index is 0.0928. The number of rotatable bonds is 3. The highest BCUT2D eigenvalue weighted by atomic mass is 32.1. The predicted molar refractivity (Wildman–Crippen MR) is 99.7 cm³/mol. The molecule has 4 rings (SSSR count). The second-order valence-electron chi connectivity index (χ2n) is 6.68. The van der Waals surface area contributed by atoms with Crippen LogP contribution in [0.15, 0.2) is 29.6 Å². The maximum atomic E-state index is 10.3. The number of hydrogen-bond donors (Lipinski definition) is 3. The molecule has 126 valence electrons. The molecule has 0 unspecified atom stereocenters. The normalized spacial score (nSPS) is 22.4. The van der Waals surface area contributed by atoms with Gasteiger partial charge in [0.05, 0.1) is 10.3 Å². The number of aromatic nitrogens is 2. The van der Waals surface area contributed by atoms with E-state index in [1.54, 1.807) is 29.5 Å². The molecule has 0 radical (unpaired) electrons. The molecule has 0 spiro atoms. The third-order valence-electron chi connectivity index (χ3n) is 4.52. The van der Waals surface area contributed by atoms with Crippen molar-refractivity contribution in [2.45, 2.75) is 31.4 Å². The zero-order chi connectivity index (χ0) is 17.6. The number of nitrogens with one attached hydrogen (secondary N) is 1. The number of thiophene rings is 1. The second kappa shape index (κ2) is 5.73. The summed E-state index contributed by atoms with van der Waals surface area (Å²) >= 11 is 1.55. The Morgan fingerprint density at radius 1 is 1.32 bits per heavy atom. The van der Waals surface area contributed by atoms with Crippen molar-refractivity contribution in [1.29, 1.82) is 0 Å². The summed E-state index contributed by atoms with van der Waals surface area (Å²) in [7, 11) is 0. The zero-order valence-electron chi connectivity index (χ0n) is 13.7. The third-order valence-corrected chi connectivity index (χ3v) is 5.44. The summed E-state index contributed by atoms with van der Waals surface area (Å²) < 4.78 is 0.951. The van der Waals surface area contributed by atoms with E-state index >= 15 is 0 Å². The molecule has 0 atom stereocenters. The molecule has 5 nitrogen and oxygen atoms in total. The van der Waals surface area contributed by atoms with Crippen molar-refractivity contribution >= 4 is 27.2 Å². The van der Waals surface area contributed by atoms with Gasteiger partial charge in [-0.05, 0) is 49.4 Å². The molecular weight excluding hydrogens is 334 g/mol. The van der Waals surface area contributed by atoms with E-state index in [-0.39, 0.29) is 11.8 Å². The van der Waals surface area contributed by atoms with Crippen molar-refractivity contribution in [2.75, 3.05) is 5.32 Å². The number of aromatic hydroxyl groups is 1. The van der Waals surface area contributed by atoms with Crippen LogP contribution < -0.4 is 5.32 Å². The quantitative estimate of drug-likeness (QED) is 0.631. The lowest BCUT2D eigenvalue weighted by molar-refractivity contribution is -0.0235. The van der Waals surface area contributed by atoms with E-state index in [0.717, 1.165) is 10.1 Å². The van der Waals surface area contributed by atoms with Crippen LogP contribution in [0.2, 0.25) is 0 Å².